The van der Waals surface area contributed by atoms with Crippen LogP contribution in [0.3, 0.4) is 0 Å². The molecule has 0 unspecified atom stereocenters. The summed E-state index contributed by atoms with van der Waals surface area (Å²) in [6, 6.07) is 54.4. The summed E-state index contributed by atoms with van der Waals surface area (Å²) in [6.07, 6.45) is 0. The number of aromatic nitrogens is 2. The third-order valence-electron chi connectivity index (χ3n) is 9.78. The number of hydrogen-bond donors (Lipinski definition) is 0. The van der Waals surface area contributed by atoms with Gasteiger partial charge in [0.05, 0.1) is 62.1 Å². The zero-order chi connectivity index (χ0) is 32.6. The van der Waals surface area contributed by atoms with Crippen molar-refractivity contribution in [1.82, 2.24) is 9.13 Å². The molecule has 0 N–H and O–H groups in total. The van der Waals surface area contributed by atoms with Crippen LogP contribution in [0, 0.1) is 22.7 Å². The van der Waals surface area contributed by atoms with Crippen molar-refractivity contribution in [1.29, 1.82) is 10.5 Å². The number of para-hydroxylation sites is 4. The van der Waals surface area contributed by atoms with Gasteiger partial charge >= 0.3 is 0 Å². The molecule has 10 aromatic rings. The van der Waals surface area contributed by atoms with Crippen LogP contribution in [0.15, 0.2) is 150 Å². The Morgan fingerprint density at radius 1 is 0.429 bits per heavy atom. The Labute approximate surface area is 280 Å². The second-order valence-electron chi connectivity index (χ2n) is 12.3. The molecule has 226 valence electrons. The van der Waals surface area contributed by atoms with Gasteiger partial charge in [-0.2, -0.15) is 10.5 Å². The summed E-state index contributed by atoms with van der Waals surface area (Å²) in [5.41, 5.74) is 11.2. The highest BCUT2D eigenvalue weighted by Gasteiger charge is 2.22. The van der Waals surface area contributed by atoms with Crippen molar-refractivity contribution in [3.05, 3.63) is 157 Å². The van der Waals surface area contributed by atoms with Crippen molar-refractivity contribution in [2.45, 2.75) is 0 Å². The van der Waals surface area contributed by atoms with Gasteiger partial charge in [0.15, 0.2) is 0 Å². The molecule has 0 saturated heterocycles. The average molecular weight is 625 g/mol. The number of furan rings is 1. The van der Waals surface area contributed by atoms with Gasteiger partial charge in [-0.05, 0) is 72.8 Å². The maximum Gasteiger partial charge on any atom is 0.137 e. The van der Waals surface area contributed by atoms with Crippen LogP contribution in [0.2, 0.25) is 0 Å². The van der Waals surface area contributed by atoms with Crippen LogP contribution in [0.4, 0.5) is 0 Å². The van der Waals surface area contributed by atoms with Crippen molar-refractivity contribution in [3.8, 4) is 34.6 Å². The molecule has 3 heterocycles. The van der Waals surface area contributed by atoms with Gasteiger partial charge in [0.2, 0.25) is 0 Å². The molecule has 0 spiro atoms. The first-order valence-corrected chi connectivity index (χ1v) is 16.1. The summed E-state index contributed by atoms with van der Waals surface area (Å²) in [5.74, 6) is 0. The second kappa shape index (κ2) is 10.2. The molecule has 0 saturated carbocycles. The van der Waals surface area contributed by atoms with Gasteiger partial charge in [-0.3, -0.25) is 0 Å². The standard InChI is InChI=1S/C44H24N4O/c45-25-27-17-20-40-34(23-27)32-12-4-6-14-37(32)47(40)36-13-5-1-9-29(36)30-10-2-7-15-38(30)48-39-16-8-3-11-31(39)33-19-22-42-43(44(33)48)35-24-28(26-46)18-21-41(35)49-42/h1-24H. The van der Waals surface area contributed by atoms with E-state index in [9.17, 15) is 10.5 Å². The normalized spacial score (nSPS) is 11.6. The molecule has 3 aromatic heterocycles. The number of nitriles is 2. The first kappa shape index (κ1) is 27.1. The highest BCUT2D eigenvalue weighted by atomic mass is 16.3. The monoisotopic (exact) mass is 624 g/mol. The highest BCUT2D eigenvalue weighted by Crippen LogP contribution is 2.44. The lowest BCUT2D eigenvalue weighted by Crippen LogP contribution is -2.01. The summed E-state index contributed by atoms with van der Waals surface area (Å²) < 4.78 is 11.1. The van der Waals surface area contributed by atoms with Crippen molar-refractivity contribution in [2.75, 3.05) is 0 Å². The first-order valence-electron chi connectivity index (χ1n) is 16.1. The van der Waals surface area contributed by atoms with E-state index in [1.54, 1.807) is 6.07 Å². The largest absolute Gasteiger partial charge is 0.456 e. The van der Waals surface area contributed by atoms with Crippen molar-refractivity contribution in [2.24, 2.45) is 0 Å². The van der Waals surface area contributed by atoms with Crippen LogP contribution in [0.25, 0.3) is 88.1 Å². The van der Waals surface area contributed by atoms with Crippen LogP contribution in [-0.4, -0.2) is 9.13 Å². The SMILES string of the molecule is N#Cc1ccc2oc3ccc4c5ccccc5n(-c5ccccc5-c5ccccc5-n5c6ccccc6c6cc(C#N)ccc65)c4c3c2c1. The highest BCUT2D eigenvalue weighted by molar-refractivity contribution is 6.25. The van der Waals surface area contributed by atoms with Crippen LogP contribution in [0.5, 0.6) is 0 Å². The van der Waals surface area contributed by atoms with Crippen LogP contribution < -0.4 is 0 Å². The third-order valence-corrected chi connectivity index (χ3v) is 9.78. The summed E-state index contributed by atoms with van der Waals surface area (Å²) in [7, 11) is 0. The second-order valence-corrected chi connectivity index (χ2v) is 12.3. The van der Waals surface area contributed by atoms with E-state index in [1.807, 2.05) is 30.3 Å². The van der Waals surface area contributed by atoms with Gasteiger partial charge in [-0.25, -0.2) is 0 Å². The van der Waals surface area contributed by atoms with E-state index in [4.69, 9.17) is 4.42 Å². The molecule has 49 heavy (non-hydrogen) atoms. The predicted molar refractivity (Wildman–Crippen MR) is 197 cm³/mol. The fourth-order valence-electron chi connectivity index (χ4n) is 7.73. The minimum atomic E-state index is 0.595. The molecule has 5 nitrogen and oxygen atoms in total. The molecule has 0 fully saturated rings. The minimum Gasteiger partial charge on any atom is -0.456 e. The molecule has 5 heteroatoms. The Bertz CT molecular complexity index is 3090. The van der Waals surface area contributed by atoms with Crippen molar-refractivity contribution < 1.29 is 4.42 Å². The van der Waals surface area contributed by atoms with Gasteiger partial charge in [0.25, 0.3) is 0 Å². The Kier molecular flexibility index (Phi) is 5.64. The smallest absolute Gasteiger partial charge is 0.137 e. The summed E-state index contributed by atoms with van der Waals surface area (Å²) >= 11 is 0. The van der Waals surface area contributed by atoms with E-state index in [-0.39, 0.29) is 0 Å². The molecule has 7 aromatic carbocycles. The molecule has 0 bridgehead atoms. The van der Waals surface area contributed by atoms with Gasteiger partial charge in [-0.15, -0.1) is 0 Å². The number of hydrogen-bond acceptors (Lipinski definition) is 3. The minimum absolute atomic E-state index is 0.595. The van der Waals surface area contributed by atoms with Crippen LogP contribution >= 0.6 is 0 Å². The maximum atomic E-state index is 9.79. The van der Waals surface area contributed by atoms with Gasteiger partial charge in [0, 0.05) is 38.1 Å². The molecule has 0 amide bonds. The zero-order valence-electron chi connectivity index (χ0n) is 26.1. The fourth-order valence-corrected chi connectivity index (χ4v) is 7.73. The topological polar surface area (TPSA) is 70.6 Å². The number of fused-ring (bicyclic) bond motifs is 10. The Morgan fingerprint density at radius 2 is 0.959 bits per heavy atom. The van der Waals surface area contributed by atoms with Crippen molar-refractivity contribution >= 4 is 65.6 Å². The van der Waals surface area contributed by atoms with Crippen molar-refractivity contribution in [3.63, 3.8) is 0 Å². The van der Waals surface area contributed by atoms with Crippen LogP contribution in [0.1, 0.15) is 11.1 Å². The zero-order valence-corrected chi connectivity index (χ0v) is 26.1. The van der Waals surface area contributed by atoms with E-state index < -0.39 is 0 Å². The van der Waals surface area contributed by atoms with Crippen LogP contribution in [-0.2, 0) is 0 Å². The Hall–Kier alpha value is -7.08. The predicted octanol–water partition coefficient (Wildman–Crippen LogP) is 11.2. The molecule has 0 aliphatic rings. The fraction of sp³-hybridized carbons (Fsp3) is 0. The summed E-state index contributed by atoms with van der Waals surface area (Å²) in [4.78, 5) is 0. The maximum absolute atomic E-state index is 9.79. The van der Waals surface area contributed by atoms with Gasteiger partial charge < -0.3 is 13.6 Å². The van der Waals surface area contributed by atoms with E-state index in [0.29, 0.717) is 11.1 Å². The lowest BCUT2D eigenvalue weighted by Gasteiger charge is -2.18. The van der Waals surface area contributed by atoms with E-state index in [2.05, 4.69) is 130 Å². The lowest BCUT2D eigenvalue weighted by atomic mass is 10.0. The van der Waals surface area contributed by atoms with Gasteiger partial charge in [0.1, 0.15) is 11.2 Å². The number of nitrogens with zero attached hydrogens (tertiary/aromatic N) is 4. The molecular weight excluding hydrogens is 601 g/mol. The quantitative estimate of drug-likeness (QED) is 0.196. The summed E-state index contributed by atoms with van der Waals surface area (Å²) in [5, 5.41) is 25.8. The van der Waals surface area contributed by atoms with E-state index in [0.717, 1.165) is 88.1 Å². The van der Waals surface area contributed by atoms with Gasteiger partial charge in [-0.1, -0.05) is 72.8 Å². The molecule has 0 aliphatic heterocycles. The number of rotatable bonds is 3. The van der Waals surface area contributed by atoms with E-state index in [1.165, 1.54) is 0 Å². The Morgan fingerprint density at radius 3 is 1.67 bits per heavy atom. The molecule has 10 rings (SSSR count). The molecule has 0 atom stereocenters. The third kappa shape index (κ3) is 3.79. The summed E-state index contributed by atoms with van der Waals surface area (Å²) in [6.45, 7) is 0. The number of benzene rings is 7. The van der Waals surface area contributed by atoms with E-state index >= 15 is 0 Å². The first-order chi connectivity index (χ1) is 24.2. The molecular formula is C44H24N4O. The lowest BCUT2D eigenvalue weighted by molar-refractivity contribution is 0.669. The molecule has 0 radical (unpaired) electrons. The molecule has 0 aliphatic carbocycles. The Balaban J connectivity index is 1.33. The average Bonchev–Trinajstić information content (AvgIpc) is 3.81.